The van der Waals surface area contributed by atoms with E-state index in [1.807, 2.05) is 11.8 Å². The third kappa shape index (κ3) is 2.44. The Morgan fingerprint density at radius 3 is 2.95 bits per heavy atom. The van der Waals surface area contributed by atoms with E-state index in [-0.39, 0.29) is 23.7 Å². The quantitative estimate of drug-likeness (QED) is 0.653. The molecular weight excluding hydrogens is 338 g/mol. The minimum Gasteiger partial charge on any atom is -0.331 e. The molecule has 112 valence electrons. The SMILES string of the molecule is CC1CC2CNCC2N1C(=O)c1cc([N+](=O)[O-])ccc1Br. The van der Waals surface area contributed by atoms with Gasteiger partial charge in [-0.05, 0) is 41.3 Å². The Morgan fingerprint density at radius 2 is 2.24 bits per heavy atom. The summed E-state index contributed by atoms with van der Waals surface area (Å²) in [6.45, 7) is 3.78. The number of carbonyl (C=O) groups is 1. The fourth-order valence-corrected chi connectivity index (χ4v) is 3.86. The van der Waals surface area contributed by atoms with Crippen LogP contribution in [0, 0.1) is 16.0 Å². The number of nitro benzene ring substituents is 1. The average Bonchev–Trinajstić information content (AvgIpc) is 2.98. The standard InChI is InChI=1S/C14H16BrN3O3/c1-8-4-9-6-16-7-13(9)17(8)14(19)11-5-10(18(20)21)2-3-12(11)15/h2-3,5,8-9,13,16H,4,6-7H2,1H3. The molecule has 2 heterocycles. The smallest absolute Gasteiger partial charge is 0.270 e. The minimum absolute atomic E-state index is 0.0607. The maximum atomic E-state index is 12.8. The van der Waals surface area contributed by atoms with Gasteiger partial charge in [-0.3, -0.25) is 14.9 Å². The molecule has 2 saturated heterocycles. The average molecular weight is 354 g/mol. The van der Waals surface area contributed by atoms with Gasteiger partial charge < -0.3 is 10.2 Å². The fourth-order valence-electron chi connectivity index (χ4n) is 3.44. The first-order valence-electron chi connectivity index (χ1n) is 6.96. The molecule has 0 radical (unpaired) electrons. The van der Waals surface area contributed by atoms with Gasteiger partial charge in [0.2, 0.25) is 0 Å². The van der Waals surface area contributed by atoms with Crippen LogP contribution in [0.1, 0.15) is 23.7 Å². The van der Waals surface area contributed by atoms with E-state index in [4.69, 9.17) is 0 Å². The van der Waals surface area contributed by atoms with Crippen molar-refractivity contribution in [3.63, 3.8) is 0 Å². The molecule has 3 rings (SSSR count). The van der Waals surface area contributed by atoms with Crippen molar-refractivity contribution in [2.75, 3.05) is 13.1 Å². The van der Waals surface area contributed by atoms with Gasteiger partial charge in [-0.1, -0.05) is 0 Å². The second-order valence-electron chi connectivity index (χ2n) is 5.70. The summed E-state index contributed by atoms with van der Waals surface area (Å²) in [5.41, 5.74) is 0.304. The molecule has 21 heavy (non-hydrogen) atoms. The Morgan fingerprint density at radius 1 is 1.48 bits per heavy atom. The first-order chi connectivity index (χ1) is 9.99. The van der Waals surface area contributed by atoms with Crippen molar-refractivity contribution in [2.45, 2.75) is 25.4 Å². The molecule has 1 aromatic rings. The zero-order chi connectivity index (χ0) is 15.1. The zero-order valence-electron chi connectivity index (χ0n) is 11.6. The number of nitrogens with zero attached hydrogens (tertiary/aromatic N) is 2. The molecule has 2 aliphatic rings. The topological polar surface area (TPSA) is 75.5 Å². The Labute approximate surface area is 130 Å². The lowest BCUT2D eigenvalue weighted by molar-refractivity contribution is -0.384. The van der Waals surface area contributed by atoms with Gasteiger partial charge >= 0.3 is 0 Å². The van der Waals surface area contributed by atoms with E-state index in [2.05, 4.69) is 21.2 Å². The summed E-state index contributed by atoms with van der Waals surface area (Å²) in [5, 5.41) is 14.2. The monoisotopic (exact) mass is 353 g/mol. The van der Waals surface area contributed by atoms with E-state index in [1.165, 1.54) is 12.1 Å². The van der Waals surface area contributed by atoms with E-state index < -0.39 is 4.92 Å². The third-order valence-corrected chi connectivity index (χ3v) is 5.10. The number of non-ortho nitro benzene ring substituents is 1. The molecule has 0 spiro atoms. The normalized spacial score (nSPS) is 27.7. The van der Waals surface area contributed by atoms with E-state index >= 15 is 0 Å². The van der Waals surface area contributed by atoms with Crippen LogP contribution in [0.25, 0.3) is 0 Å². The van der Waals surface area contributed by atoms with Gasteiger partial charge in [0.15, 0.2) is 0 Å². The maximum Gasteiger partial charge on any atom is 0.270 e. The molecule has 6 nitrogen and oxygen atoms in total. The van der Waals surface area contributed by atoms with Crippen molar-refractivity contribution >= 4 is 27.5 Å². The van der Waals surface area contributed by atoms with Crippen molar-refractivity contribution in [1.82, 2.24) is 10.2 Å². The molecule has 3 atom stereocenters. The van der Waals surface area contributed by atoms with Crippen LogP contribution in [0.5, 0.6) is 0 Å². The van der Waals surface area contributed by atoms with Crippen molar-refractivity contribution < 1.29 is 9.72 Å². The molecule has 1 aromatic carbocycles. The van der Waals surface area contributed by atoms with Crippen LogP contribution in [0.4, 0.5) is 5.69 Å². The van der Waals surface area contributed by atoms with Crippen LogP contribution in [-0.2, 0) is 0 Å². The second kappa shape index (κ2) is 5.38. The van der Waals surface area contributed by atoms with Crippen molar-refractivity contribution in [2.24, 2.45) is 5.92 Å². The number of benzene rings is 1. The number of nitrogens with one attached hydrogen (secondary N) is 1. The first-order valence-corrected chi connectivity index (χ1v) is 7.75. The molecule has 3 unspecified atom stereocenters. The molecule has 0 aliphatic carbocycles. The molecule has 0 saturated carbocycles. The van der Waals surface area contributed by atoms with Crippen molar-refractivity contribution in [3.8, 4) is 0 Å². The van der Waals surface area contributed by atoms with Gasteiger partial charge in [0.1, 0.15) is 0 Å². The van der Waals surface area contributed by atoms with Crippen LogP contribution < -0.4 is 5.32 Å². The summed E-state index contributed by atoms with van der Waals surface area (Å²) < 4.78 is 0.597. The van der Waals surface area contributed by atoms with Crippen LogP contribution in [0.15, 0.2) is 22.7 Å². The molecule has 0 aromatic heterocycles. The summed E-state index contributed by atoms with van der Waals surface area (Å²) in [4.78, 5) is 25.2. The van der Waals surface area contributed by atoms with Crippen LogP contribution in [0.2, 0.25) is 0 Å². The lowest BCUT2D eigenvalue weighted by atomic mass is 10.0. The number of carbonyl (C=O) groups excluding carboxylic acids is 1. The number of likely N-dealkylation sites (tertiary alicyclic amines) is 1. The van der Waals surface area contributed by atoms with Gasteiger partial charge in [-0.15, -0.1) is 0 Å². The molecule has 7 heteroatoms. The van der Waals surface area contributed by atoms with Crippen molar-refractivity contribution in [1.29, 1.82) is 0 Å². The highest BCUT2D eigenvalue weighted by Crippen LogP contribution is 2.35. The number of fused-ring (bicyclic) bond motifs is 1. The summed E-state index contributed by atoms with van der Waals surface area (Å²) >= 11 is 3.33. The minimum atomic E-state index is -0.476. The Bertz CT molecular complexity index is 607. The summed E-state index contributed by atoms with van der Waals surface area (Å²) in [5.74, 6) is 0.357. The number of rotatable bonds is 2. The second-order valence-corrected chi connectivity index (χ2v) is 6.56. The number of hydrogen-bond donors (Lipinski definition) is 1. The van der Waals surface area contributed by atoms with Crippen LogP contribution in [0.3, 0.4) is 0 Å². The van der Waals surface area contributed by atoms with Crippen LogP contribution >= 0.6 is 15.9 Å². The Hall–Kier alpha value is -1.47. The molecule has 1 N–H and O–H groups in total. The molecular formula is C14H16BrN3O3. The first kappa shape index (κ1) is 14.5. The molecule has 2 aliphatic heterocycles. The highest BCUT2D eigenvalue weighted by atomic mass is 79.9. The number of hydrogen-bond acceptors (Lipinski definition) is 4. The number of nitro groups is 1. The lowest BCUT2D eigenvalue weighted by Crippen LogP contribution is -2.42. The molecule has 1 amide bonds. The molecule has 0 bridgehead atoms. The van der Waals surface area contributed by atoms with Crippen LogP contribution in [-0.4, -0.2) is 40.9 Å². The summed E-state index contributed by atoms with van der Waals surface area (Å²) in [6, 6.07) is 4.68. The summed E-state index contributed by atoms with van der Waals surface area (Å²) in [7, 11) is 0. The fraction of sp³-hybridized carbons (Fsp3) is 0.500. The lowest BCUT2D eigenvalue weighted by Gasteiger charge is -2.28. The van der Waals surface area contributed by atoms with E-state index in [0.29, 0.717) is 16.0 Å². The number of amides is 1. The van der Waals surface area contributed by atoms with Gasteiger partial charge in [0, 0.05) is 41.8 Å². The third-order valence-electron chi connectivity index (χ3n) is 4.41. The van der Waals surface area contributed by atoms with Gasteiger partial charge in [0.05, 0.1) is 10.5 Å². The van der Waals surface area contributed by atoms with Gasteiger partial charge in [0.25, 0.3) is 11.6 Å². The Kier molecular flexibility index (Phi) is 3.71. The van der Waals surface area contributed by atoms with Gasteiger partial charge in [-0.2, -0.15) is 0 Å². The Balaban J connectivity index is 1.94. The summed E-state index contributed by atoms with van der Waals surface area (Å²) in [6.07, 6.45) is 0.982. The van der Waals surface area contributed by atoms with E-state index in [9.17, 15) is 14.9 Å². The highest BCUT2D eigenvalue weighted by molar-refractivity contribution is 9.10. The predicted molar refractivity (Wildman–Crippen MR) is 81.2 cm³/mol. The van der Waals surface area contributed by atoms with Crippen molar-refractivity contribution in [3.05, 3.63) is 38.3 Å². The number of halogens is 1. The highest BCUT2D eigenvalue weighted by Gasteiger charge is 2.44. The molecule has 2 fully saturated rings. The maximum absolute atomic E-state index is 12.8. The largest absolute Gasteiger partial charge is 0.331 e. The van der Waals surface area contributed by atoms with E-state index in [0.717, 1.165) is 19.5 Å². The van der Waals surface area contributed by atoms with E-state index in [1.54, 1.807) is 6.07 Å². The van der Waals surface area contributed by atoms with Gasteiger partial charge in [-0.25, -0.2) is 0 Å². The zero-order valence-corrected chi connectivity index (χ0v) is 13.2. The predicted octanol–water partition coefficient (Wildman–Crippen LogP) is 2.18.